The molecule has 0 spiro atoms. The zero-order valence-corrected chi connectivity index (χ0v) is 13.8. The maximum atomic E-state index is 13.7. The van der Waals surface area contributed by atoms with Crippen LogP contribution in [0, 0.1) is 11.8 Å². The fourth-order valence-electron chi connectivity index (χ4n) is 3.84. The Morgan fingerprint density at radius 3 is 2.19 bits per heavy atom. The zero-order valence-electron chi connectivity index (χ0n) is 13.8. The molecule has 4 rings (SSSR count). The van der Waals surface area contributed by atoms with Gasteiger partial charge in [-0.1, -0.05) is 48.5 Å². The minimum Gasteiger partial charge on any atom is -0.293 e. The highest BCUT2D eigenvalue weighted by molar-refractivity contribution is 5.97. The lowest BCUT2D eigenvalue weighted by Gasteiger charge is -2.38. The maximum absolute atomic E-state index is 13.7. The van der Waals surface area contributed by atoms with Gasteiger partial charge in [-0.25, -0.2) is 10.4 Å². The molecule has 0 saturated carbocycles. The van der Waals surface area contributed by atoms with E-state index >= 15 is 0 Å². The fourth-order valence-corrected chi connectivity index (χ4v) is 3.84. The van der Waals surface area contributed by atoms with Crippen molar-refractivity contribution in [3.8, 4) is 0 Å². The average molecular weight is 361 g/mol. The largest absolute Gasteiger partial charge is 0.392 e. The number of carbonyl (C=O) groups is 1. The average Bonchev–Trinajstić information content (AvgIpc) is 2.98. The topological polar surface area (TPSA) is 44.4 Å². The van der Waals surface area contributed by atoms with Crippen molar-refractivity contribution in [3.05, 3.63) is 66.2 Å². The molecule has 136 valence electrons. The second kappa shape index (κ2) is 6.41. The van der Waals surface area contributed by atoms with E-state index in [4.69, 9.17) is 0 Å². The monoisotopic (exact) mass is 361 g/mol. The third kappa shape index (κ3) is 2.97. The molecule has 0 bridgehead atoms. The number of carbonyl (C=O) groups excluding carboxylic acids is 1. The quantitative estimate of drug-likeness (QED) is 0.862. The number of hydrazine groups is 1. The molecule has 2 aromatic rings. The van der Waals surface area contributed by atoms with E-state index in [9.17, 15) is 18.0 Å². The number of benzene rings is 2. The van der Waals surface area contributed by atoms with Crippen LogP contribution in [0.15, 0.2) is 60.7 Å². The number of para-hydroxylation sites is 1. The second-order valence-electron chi connectivity index (χ2n) is 6.66. The summed E-state index contributed by atoms with van der Waals surface area (Å²) in [5, 5.41) is 4.42. The summed E-state index contributed by atoms with van der Waals surface area (Å²) in [5.74, 6) is -3.44. The number of hydrogen-bond donors (Lipinski definition) is 2. The number of nitrogens with zero attached hydrogens (tertiary/aromatic N) is 1. The molecular formula is C19H18F3N3O. The van der Waals surface area contributed by atoms with Crippen LogP contribution in [0.3, 0.4) is 0 Å². The number of hydrogen-bond acceptors (Lipinski definition) is 3. The number of anilines is 1. The predicted octanol–water partition coefficient (Wildman–Crippen LogP) is 3.39. The summed E-state index contributed by atoms with van der Waals surface area (Å²) in [6.07, 6.45) is -5.37. The number of halogens is 3. The number of alkyl halides is 3. The van der Waals surface area contributed by atoms with Gasteiger partial charge in [0.15, 0.2) is 0 Å². The van der Waals surface area contributed by atoms with Gasteiger partial charge < -0.3 is 0 Å². The van der Waals surface area contributed by atoms with E-state index < -0.39 is 36.1 Å². The standard InChI is InChI=1S/C19H18F3N3O/c20-19(21,22)14-11-15(12-7-3-1-4-8-12)23-17-16(14)18(26)25(24-17)13-9-5-2-6-10-13/h1-10,14-17,23-24H,11H2. The van der Waals surface area contributed by atoms with Gasteiger partial charge in [0.05, 0.1) is 23.7 Å². The van der Waals surface area contributed by atoms with Crippen molar-refractivity contribution in [2.75, 3.05) is 5.01 Å². The van der Waals surface area contributed by atoms with Crippen LogP contribution in [0.4, 0.5) is 18.9 Å². The van der Waals surface area contributed by atoms with E-state index in [-0.39, 0.29) is 6.42 Å². The summed E-state index contributed by atoms with van der Waals surface area (Å²) in [6.45, 7) is 0. The van der Waals surface area contributed by atoms with Gasteiger partial charge in [-0.2, -0.15) is 13.2 Å². The van der Waals surface area contributed by atoms with Gasteiger partial charge in [-0.3, -0.25) is 10.1 Å². The Bertz CT molecular complexity index is 782. The molecule has 4 unspecified atom stereocenters. The molecular weight excluding hydrogens is 343 g/mol. The number of rotatable bonds is 2. The fraction of sp³-hybridized carbons (Fsp3) is 0.316. The molecule has 2 aliphatic heterocycles. The molecule has 26 heavy (non-hydrogen) atoms. The maximum Gasteiger partial charge on any atom is 0.392 e. The smallest absolute Gasteiger partial charge is 0.293 e. The van der Waals surface area contributed by atoms with Crippen LogP contribution in [0.2, 0.25) is 0 Å². The predicted molar refractivity (Wildman–Crippen MR) is 90.8 cm³/mol. The van der Waals surface area contributed by atoms with E-state index in [1.165, 1.54) is 5.01 Å². The lowest BCUT2D eigenvalue weighted by molar-refractivity contribution is -0.201. The van der Waals surface area contributed by atoms with Crippen LogP contribution in [0.1, 0.15) is 18.0 Å². The molecule has 2 fully saturated rings. The number of amides is 1. The lowest BCUT2D eigenvalue weighted by Crippen LogP contribution is -2.54. The summed E-state index contributed by atoms with van der Waals surface area (Å²) in [5.41, 5.74) is 4.25. The van der Waals surface area contributed by atoms with E-state index in [2.05, 4.69) is 10.7 Å². The molecule has 4 atom stereocenters. The Morgan fingerprint density at radius 1 is 0.962 bits per heavy atom. The highest BCUT2D eigenvalue weighted by Gasteiger charge is 2.58. The lowest BCUT2D eigenvalue weighted by atomic mass is 9.79. The Kier molecular flexibility index (Phi) is 4.20. The summed E-state index contributed by atoms with van der Waals surface area (Å²) in [7, 11) is 0. The van der Waals surface area contributed by atoms with Gasteiger partial charge in [0.2, 0.25) is 5.91 Å². The minimum atomic E-state index is -4.44. The molecule has 0 aromatic heterocycles. The normalized spacial score (nSPS) is 28.9. The summed E-state index contributed by atoms with van der Waals surface area (Å²) in [6, 6.07) is 17.2. The third-order valence-corrected chi connectivity index (χ3v) is 5.07. The molecule has 2 aliphatic rings. The second-order valence-corrected chi connectivity index (χ2v) is 6.66. The van der Waals surface area contributed by atoms with E-state index in [0.29, 0.717) is 5.69 Å². The van der Waals surface area contributed by atoms with Crippen molar-refractivity contribution in [2.45, 2.75) is 24.8 Å². The van der Waals surface area contributed by atoms with Crippen molar-refractivity contribution in [2.24, 2.45) is 11.8 Å². The molecule has 2 aromatic carbocycles. The molecule has 4 nitrogen and oxygen atoms in total. The Balaban J connectivity index is 1.67. The first-order valence-electron chi connectivity index (χ1n) is 8.48. The van der Waals surface area contributed by atoms with Crippen LogP contribution >= 0.6 is 0 Å². The highest BCUT2D eigenvalue weighted by Crippen LogP contribution is 2.45. The van der Waals surface area contributed by atoms with Crippen molar-refractivity contribution >= 4 is 11.6 Å². The van der Waals surface area contributed by atoms with Crippen LogP contribution in [-0.4, -0.2) is 18.2 Å². The molecule has 2 N–H and O–H groups in total. The summed E-state index contributed by atoms with van der Waals surface area (Å²) in [4.78, 5) is 12.8. The molecule has 2 saturated heterocycles. The van der Waals surface area contributed by atoms with Gasteiger partial charge >= 0.3 is 6.18 Å². The first-order chi connectivity index (χ1) is 12.4. The van der Waals surface area contributed by atoms with E-state index in [1.54, 1.807) is 54.6 Å². The molecule has 0 aliphatic carbocycles. The van der Waals surface area contributed by atoms with Gasteiger partial charge in [-0.15, -0.1) is 0 Å². The van der Waals surface area contributed by atoms with Gasteiger partial charge in [0.25, 0.3) is 0 Å². The Morgan fingerprint density at radius 2 is 1.58 bits per heavy atom. The zero-order chi connectivity index (χ0) is 18.3. The summed E-state index contributed by atoms with van der Waals surface area (Å²) < 4.78 is 41.2. The van der Waals surface area contributed by atoms with Crippen LogP contribution in [0.5, 0.6) is 0 Å². The molecule has 0 radical (unpaired) electrons. The molecule has 1 amide bonds. The molecule has 7 heteroatoms. The Labute approximate surface area is 149 Å². The number of piperidine rings is 1. The number of fused-ring (bicyclic) bond motifs is 1. The van der Waals surface area contributed by atoms with Gasteiger partial charge in [0, 0.05) is 6.04 Å². The van der Waals surface area contributed by atoms with Crippen molar-refractivity contribution in [3.63, 3.8) is 0 Å². The number of nitrogens with one attached hydrogen (secondary N) is 2. The first-order valence-corrected chi connectivity index (χ1v) is 8.48. The SMILES string of the molecule is O=C1C2C(NC(c3ccccc3)CC2C(F)(F)F)NN1c1ccccc1. The Hall–Kier alpha value is -2.38. The van der Waals surface area contributed by atoms with Crippen LogP contribution in [0.25, 0.3) is 0 Å². The minimum absolute atomic E-state index is 0.162. The van der Waals surface area contributed by atoms with Crippen LogP contribution in [-0.2, 0) is 4.79 Å². The van der Waals surface area contributed by atoms with E-state index in [0.717, 1.165) is 5.56 Å². The van der Waals surface area contributed by atoms with Gasteiger partial charge in [-0.05, 0) is 24.1 Å². The summed E-state index contributed by atoms with van der Waals surface area (Å²) >= 11 is 0. The first kappa shape index (κ1) is 17.1. The van der Waals surface area contributed by atoms with Crippen molar-refractivity contribution in [1.29, 1.82) is 0 Å². The highest BCUT2D eigenvalue weighted by atomic mass is 19.4. The van der Waals surface area contributed by atoms with Crippen molar-refractivity contribution in [1.82, 2.24) is 10.7 Å². The molecule has 2 heterocycles. The van der Waals surface area contributed by atoms with Crippen LogP contribution < -0.4 is 15.8 Å². The van der Waals surface area contributed by atoms with Crippen molar-refractivity contribution < 1.29 is 18.0 Å². The van der Waals surface area contributed by atoms with Gasteiger partial charge in [0.1, 0.15) is 0 Å². The van der Waals surface area contributed by atoms with E-state index in [1.807, 2.05) is 6.07 Å². The third-order valence-electron chi connectivity index (χ3n) is 5.07.